The van der Waals surface area contributed by atoms with E-state index < -0.39 is 10.2 Å². The van der Waals surface area contributed by atoms with Crippen molar-refractivity contribution < 1.29 is 13.2 Å². The Bertz CT molecular complexity index is 906. The fourth-order valence-corrected chi connectivity index (χ4v) is 5.94. The Morgan fingerprint density at radius 1 is 1.11 bits per heavy atom. The number of amides is 1. The smallest absolute Gasteiger partial charge is 0.282 e. The monoisotopic (exact) mass is 456 g/mol. The van der Waals surface area contributed by atoms with E-state index in [1.807, 2.05) is 49.7 Å². The summed E-state index contributed by atoms with van der Waals surface area (Å²) in [5.41, 5.74) is 1.58. The van der Waals surface area contributed by atoms with Crippen molar-refractivity contribution in [2.24, 2.45) is 7.05 Å². The van der Waals surface area contributed by atoms with Crippen molar-refractivity contribution in [1.29, 1.82) is 0 Å². The van der Waals surface area contributed by atoms with Crippen LogP contribution >= 0.6 is 15.9 Å². The van der Waals surface area contributed by atoms with Gasteiger partial charge in [0, 0.05) is 57.2 Å². The fraction of sp³-hybridized carbons (Fsp3) is 0.500. The van der Waals surface area contributed by atoms with E-state index in [9.17, 15) is 13.2 Å². The van der Waals surface area contributed by atoms with Crippen LogP contribution in [-0.4, -0.2) is 71.7 Å². The van der Waals surface area contributed by atoms with Crippen molar-refractivity contribution >= 4 is 42.9 Å². The van der Waals surface area contributed by atoms with Crippen LogP contribution in [-0.2, 0) is 17.3 Å². The first kappa shape index (κ1) is 20.3. The molecule has 1 aromatic heterocycles. The van der Waals surface area contributed by atoms with Crippen molar-refractivity contribution in [2.45, 2.75) is 13.8 Å². The number of para-hydroxylation sites is 1. The second kappa shape index (κ2) is 7.90. The Labute approximate surface area is 168 Å². The molecule has 1 aliphatic rings. The lowest BCUT2D eigenvalue weighted by Gasteiger charge is -2.36. The molecular formula is C18H25BrN4O3S. The Kier molecular flexibility index (Phi) is 5.95. The number of aromatic nitrogens is 1. The summed E-state index contributed by atoms with van der Waals surface area (Å²) in [6.07, 6.45) is 0. The number of rotatable bonds is 5. The van der Waals surface area contributed by atoms with E-state index in [1.165, 1.54) is 8.61 Å². The van der Waals surface area contributed by atoms with Gasteiger partial charge in [0.1, 0.15) is 5.69 Å². The highest BCUT2D eigenvalue weighted by Gasteiger charge is 2.33. The van der Waals surface area contributed by atoms with Crippen molar-refractivity contribution in [3.05, 3.63) is 34.4 Å². The molecule has 1 aromatic carbocycles. The number of nitrogens with zero attached hydrogens (tertiary/aromatic N) is 4. The number of hydrogen-bond acceptors (Lipinski definition) is 3. The van der Waals surface area contributed by atoms with Crippen LogP contribution in [0.3, 0.4) is 0 Å². The number of aryl methyl sites for hydroxylation is 1. The van der Waals surface area contributed by atoms with Crippen LogP contribution in [0.1, 0.15) is 24.3 Å². The minimum Gasteiger partial charge on any atom is -0.339 e. The lowest BCUT2D eigenvalue weighted by Crippen LogP contribution is -2.54. The topological polar surface area (TPSA) is 65.9 Å². The van der Waals surface area contributed by atoms with Gasteiger partial charge in [0.25, 0.3) is 16.1 Å². The summed E-state index contributed by atoms with van der Waals surface area (Å²) in [5, 5.41) is 0.992. The molecule has 0 saturated carbocycles. The van der Waals surface area contributed by atoms with Gasteiger partial charge in [0.2, 0.25) is 0 Å². The Morgan fingerprint density at radius 3 is 2.26 bits per heavy atom. The second-order valence-electron chi connectivity index (χ2n) is 6.52. The van der Waals surface area contributed by atoms with Crippen LogP contribution < -0.4 is 0 Å². The third-order valence-corrected chi connectivity index (χ3v) is 8.12. The highest BCUT2D eigenvalue weighted by Crippen LogP contribution is 2.31. The molecule has 9 heteroatoms. The number of piperazine rings is 1. The molecule has 1 amide bonds. The summed E-state index contributed by atoms with van der Waals surface area (Å²) in [4.78, 5) is 14.8. The molecular weight excluding hydrogens is 432 g/mol. The molecule has 0 atom stereocenters. The Balaban J connectivity index is 1.78. The van der Waals surface area contributed by atoms with E-state index >= 15 is 0 Å². The molecule has 7 nitrogen and oxygen atoms in total. The minimum atomic E-state index is -3.46. The number of carbonyl (C=O) groups is 1. The third kappa shape index (κ3) is 3.53. The SMILES string of the molecule is CCN(CC)S(=O)(=O)N1CCN(C(=O)c2c(Br)c3ccccc3n2C)CC1. The number of benzene rings is 1. The van der Waals surface area contributed by atoms with Crippen molar-refractivity contribution in [2.75, 3.05) is 39.3 Å². The lowest BCUT2D eigenvalue weighted by molar-refractivity contribution is 0.0684. The molecule has 1 saturated heterocycles. The van der Waals surface area contributed by atoms with Crippen LogP contribution in [0.15, 0.2) is 28.7 Å². The van der Waals surface area contributed by atoms with Gasteiger partial charge >= 0.3 is 0 Å². The number of hydrogen-bond donors (Lipinski definition) is 0. The van der Waals surface area contributed by atoms with E-state index in [0.29, 0.717) is 45.0 Å². The molecule has 0 aliphatic carbocycles. The quantitative estimate of drug-likeness (QED) is 0.692. The first-order valence-electron chi connectivity index (χ1n) is 9.10. The summed E-state index contributed by atoms with van der Waals surface area (Å²) in [6, 6.07) is 7.84. The molecule has 0 spiro atoms. The molecule has 27 heavy (non-hydrogen) atoms. The molecule has 2 aromatic rings. The van der Waals surface area contributed by atoms with Crippen LogP contribution in [0.2, 0.25) is 0 Å². The molecule has 3 rings (SSSR count). The van der Waals surface area contributed by atoms with Crippen LogP contribution in [0.5, 0.6) is 0 Å². The Hall–Kier alpha value is -1.42. The molecule has 1 fully saturated rings. The van der Waals surface area contributed by atoms with Gasteiger partial charge in [-0.25, -0.2) is 0 Å². The average molecular weight is 457 g/mol. The molecule has 0 unspecified atom stereocenters. The van der Waals surface area contributed by atoms with Gasteiger partial charge in [-0.1, -0.05) is 32.0 Å². The maximum Gasteiger partial charge on any atom is 0.282 e. The zero-order valence-corrected chi connectivity index (χ0v) is 18.3. The second-order valence-corrected chi connectivity index (χ2v) is 9.24. The van der Waals surface area contributed by atoms with E-state index in [0.717, 1.165) is 15.4 Å². The van der Waals surface area contributed by atoms with E-state index in [1.54, 1.807) is 4.90 Å². The van der Waals surface area contributed by atoms with Crippen molar-refractivity contribution in [3.8, 4) is 0 Å². The van der Waals surface area contributed by atoms with Crippen LogP contribution in [0, 0.1) is 0 Å². The highest BCUT2D eigenvalue weighted by atomic mass is 79.9. The predicted octanol–water partition coefficient (Wildman–Crippen LogP) is 2.29. The third-order valence-electron chi connectivity index (χ3n) is 5.13. The van der Waals surface area contributed by atoms with E-state index in [2.05, 4.69) is 15.9 Å². The molecule has 0 bridgehead atoms. The van der Waals surface area contributed by atoms with E-state index in [4.69, 9.17) is 0 Å². The van der Waals surface area contributed by atoms with E-state index in [-0.39, 0.29) is 5.91 Å². The molecule has 148 valence electrons. The number of halogens is 1. The van der Waals surface area contributed by atoms with Crippen molar-refractivity contribution in [1.82, 2.24) is 18.1 Å². The molecule has 0 radical (unpaired) electrons. The summed E-state index contributed by atoms with van der Waals surface area (Å²) in [5.74, 6) is -0.0829. The summed E-state index contributed by atoms with van der Waals surface area (Å²) >= 11 is 3.57. The zero-order valence-electron chi connectivity index (χ0n) is 15.9. The lowest BCUT2D eigenvalue weighted by atomic mass is 10.2. The van der Waals surface area contributed by atoms with Gasteiger partial charge in [0.15, 0.2) is 0 Å². The first-order chi connectivity index (χ1) is 12.8. The summed E-state index contributed by atoms with van der Waals surface area (Å²) in [7, 11) is -1.58. The van der Waals surface area contributed by atoms with Gasteiger partial charge in [0.05, 0.1) is 4.47 Å². The molecule has 1 aliphatic heterocycles. The highest BCUT2D eigenvalue weighted by molar-refractivity contribution is 9.10. The van der Waals surface area contributed by atoms with Gasteiger partial charge in [-0.15, -0.1) is 0 Å². The maximum absolute atomic E-state index is 13.1. The van der Waals surface area contributed by atoms with Crippen LogP contribution in [0.25, 0.3) is 10.9 Å². The summed E-state index contributed by atoms with van der Waals surface area (Å²) < 4.78 is 30.9. The van der Waals surface area contributed by atoms with Gasteiger partial charge in [-0.2, -0.15) is 17.0 Å². The normalized spacial score (nSPS) is 16.4. The van der Waals surface area contributed by atoms with Gasteiger partial charge in [-0.3, -0.25) is 4.79 Å². The van der Waals surface area contributed by atoms with Crippen LogP contribution in [0.4, 0.5) is 0 Å². The predicted molar refractivity (Wildman–Crippen MR) is 110 cm³/mol. The maximum atomic E-state index is 13.1. The number of carbonyl (C=O) groups excluding carboxylic acids is 1. The zero-order chi connectivity index (χ0) is 19.8. The molecule has 2 heterocycles. The fourth-order valence-electron chi connectivity index (χ4n) is 3.57. The van der Waals surface area contributed by atoms with Gasteiger partial charge < -0.3 is 9.47 Å². The first-order valence-corrected chi connectivity index (χ1v) is 11.3. The number of fused-ring (bicyclic) bond motifs is 1. The van der Waals surface area contributed by atoms with Crippen molar-refractivity contribution in [3.63, 3.8) is 0 Å². The minimum absolute atomic E-state index is 0.0829. The van der Waals surface area contributed by atoms with Gasteiger partial charge in [-0.05, 0) is 22.0 Å². The average Bonchev–Trinajstić information content (AvgIpc) is 2.93. The largest absolute Gasteiger partial charge is 0.339 e. The summed E-state index contributed by atoms with van der Waals surface area (Å²) in [6.45, 7) is 5.94. The standard InChI is InChI=1S/C18H25BrN4O3S/c1-4-22(5-2)27(25,26)23-12-10-21(11-13-23)18(24)17-16(19)14-8-6-7-9-15(14)20(17)3/h6-9H,4-5,10-13H2,1-3H3. The Morgan fingerprint density at radius 2 is 1.70 bits per heavy atom. The molecule has 0 N–H and O–H groups in total.